The normalized spacial score (nSPS) is 24.3. The summed E-state index contributed by atoms with van der Waals surface area (Å²) in [5.74, 6) is 0. The number of aliphatic hydroxyl groups excluding tert-OH is 1. The van der Waals surface area contributed by atoms with E-state index in [0.717, 1.165) is 56.5 Å². The van der Waals surface area contributed by atoms with E-state index >= 15 is 0 Å². The van der Waals surface area contributed by atoms with Crippen molar-refractivity contribution in [2.75, 3.05) is 57.4 Å². The molecule has 0 saturated carbocycles. The largest absolute Gasteiger partial charge is 0.389 e. The van der Waals surface area contributed by atoms with Gasteiger partial charge in [0.05, 0.1) is 31.1 Å². The summed E-state index contributed by atoms with van der Waals surface area (Å²) in [7, 11) is 0. The van der Waals surface area contributed by atoms with Crippen molar-refractivity contribution in [2.45, 2.75) is 32.0 Å². The topological polar surface area (TPSA) is 58.1 Å². The zero-order valence-corrected chi connectivity index (χ0v) is 14.6. The maximum atomic E-state index is 10.1. The number of ether oxygens (including phenoxy) is 2. The molecule has 7 heteroatoms. The van der Waals surface area contributed by atoms with Gasteiger partial charge in [-0.2, -0.15) is 0 Å². The average Bonchev–Trinajstić information content (AvgIpc) is 3.20. The van der Waals surface area contributed by atoms with Crippen LogP contribution < -0.4 is 4.90 Å². The summed E-state index contributed by atoms with van der Waals surface area (Å²) in [6.45, 7) is 8.41. The van der Waals surface area contributed by atoms with Gasteiger partial charge in [-0.25, -0.2) is 4.98 Å². The van der Waals surface area contributed by atoms with Crippen molar-refractivity contribution < 1.29 is 14.6 Å². The first-order chi connectivity index (χ1) is 11.2. The molecule has 2 atom stereocenters. The Kier molecular flexibility index (Phi) is 6.24. The van der Waals surface area contributed by atoms with Crippen molar-refractivity contribution in [3.63, 3.8) is 0 Å². The van der Waals surface area contributed by atoms with E-state index in [9.17, 15) is 5.11 Å². The molecule has 1 N–H and O–H groups in total. The summed E-state index contributed by atoms with van der Waals surface area (Å²) in [6.07, 6.45) is 2.01. The fourth-order valence-electron chi connectivity index (χ4n) is 3.07. The highest BCUT2D eigenvalue weighted by Gasteiger charge is 2.21. The van der Waals surface area contributed by atoms with E-state index in [1.165, 1.54) is 0 Å². The van der Waals surface area contributed by atoms with Gasteiger partial charge >= 0.3 is 0 Å². The summed E-state index contributed by atoms with van der Waals surface area (Å²) in [5, 5.41) is 13.3. The number of anilines is 1. The Morgan fingerprint density at radius 3 is 2.91 bits per heavy atom. The van der Waals surface area contributed by atoms with Crippen molar-refractivity contribution in [1.82, 2.24) is 9.88 Å². The number of aryl methyl sites for hydroxylation is 1. The van der Waals surface area contributed by atoms with Gasteiger partial charge in [0, 0.05) is 44.7 Å². The molecule has 0 unspecified atom stereocenters. The van der Waals surface area contributed by atoms with E-state index < -0.39 is 6.10 Å². The number of aromatic nitrogens is 1. The van der Waals surface area contributed by atoms with Crippen LogP contribution in [-0.4, -0.2) is 79.7 Å². The SMILES string of the molecule is Cc1csc(N2CCN(C[C@@H](O)COC[C@@H]3CCCO3)CC2)n1. The second-order valence-corrected chi connectivity index (χ2v) is 7.22. The smallest absolute Gasteiger partial charge is 0.185 e. The van der Waals surface area contributed by atoms with E-state index in [1.807, 2.05) is 6.92 Å². The van der Waals surface area contributed by atoms with Gasteiger partial charge in [0.2, 0.25) is 0 Å². The lowest BCUT2D eigenvalue weighted by molar-refractivity contribution is -0.0254. The highest BCUT2D eigenvalue weighted by molar-refractivity contribution is 7.13. The molecule has 3 rings (SSSR count). The van der Waals surface area contributed by atoms with Crippen LogP contribution in [0.4, 0.5) is 5.13 Å². The summed E-state index contributed by atoms with van der Waals surface area (Å²) in [4.78, 5) is 9.17. The fourth-order valence-corrected chi connectivity index (χ4v) is 3.93. The van der Waals surface area contributed by atoms with Crippen LogP contribution in [0.25, 0.3) is 0 Å². The van der Waals surface area contributed by atoms with Crippen LogP contribution in [0.15, 0.2) is 5.38 Å². The fraction of sp³-hybridized carbons (Fsp3) is 0.812. The molecule has 1 aromatic heterocycles. The quantitative estimate of drug-likeness (QED) is 0.802. The van der Waals surface area contributed by atoms with Crippen LogP contribution in [0.1, 0.15) is 18.5 Å². The van der Waals surface area contributed by atoms with Gasteiger partial charge in [-0.1, -0.05) is 0 Å². The van der Waals surface area contributed by atoms with Crippen molar-refractivity contribution in [3.05, 3.63) is 11.1 Å². The Balaban J connectivity index is 1.31. The molecule has 3 heterocycles. The van der Waals surface area contributed by atoms with E-state index in [4.69, 9.17) is 9.47 Å². The molecule has 0 bridgehead atoms. The zero-order chi connectivity index (χ0) is 16.1. The Morgan fingerprint density at radius 2 is 2.26 bits per heavy atom. The minimum Gasteiger partial charge on any atom is -0.389 e. The third kappa shape index (κ3) is 5.12. The van der Waals surface area contributed by atoms with Gasteiger partial charge in [-0.15, -0.1) is 11.3 Å². The van der Waals surface area contributed by atoms with E-state index in [2.05, 4.69) is 20.2 Å². The molecule has 0 amide bonds. The lowest BCUT2D eigenvalue weighted by Gasteiger charge is -2.35. The number of thiazole rings is 1. The van der Waals surface area contributed by atoms with Gasteiger partial charge in [-0.05, 0) is 19.8 Å². The monoisotopic (exact) mass is 341 g/mol. The Bertz CT molecular complexity index is 471. The first-order valence-corrected chi connectivity index (χ1v) is 9.35. The summed E-state index contributed by atoms with van der Waals surface area (Å²) >= 11 is 1.71. The molecule has 2 aliphatic heterocycles. The number of β-amino-alcohol motifs (C(OH)–C–C–N with tert-alkyl or cyclic N) is 1. The van der Waals surface area contributed by atoms with Gasteiger partial charge < -0.3 is 19.5 Å². The molecule has 130 valence electrons. The second kappa shape index (κ2) is 8.39. The van der Waals surface area contributed by atoms with Gasteiger partial charge in [0.15, 0.2) is 5.13 Å². The molecule has 2 saturated heterocycles. The number of nitrogens with zero attached hydrogens (tertiary/aromatic N) is 3. The molecule has 1 aromatic rings. The molecular formula is C16H27N3O3S. The molecule has 23 heavy (non-hydrogen) atoms. The third-order valence-corrected chi connectivity index (χ3v) is 5.38. The van der Waals surface area contributed by atoms with Gasteiger partial charge in [-0.3, -0.25) is 4.90 Å². The molecule has 2 fully saturated rings. The number of piperazine rings is 1. The Morgan fingerprint density at radius 1 is 1.43 bits per heavy atom. The van der Waals surface area contributed by atoms with E-state index in [1.54, 1.807) is 11.3 Å². The summed E-state index contributed by atoms with van der Waals surface area (Å²) in [5.41, 5.74) is 1.09. The van der Waals surface area contributed by atoms with Crippen LogP contribution in [-0.2, 0) is 9.47 Å². The third-order valence-electron chi connectivity index (χ3n) is 4.36. The Hall–Kier alpha value is -0.730. The number of hydrogen-bond donors (Lipinski definition) is 1. The van der Waals surface area contributed by atoms with Gasteiger partial charge in [0.25, 0.3) is 0 Å². The van der Waals surface area contributed by atoms with Gasteiger partial charge in [0.1, 0.15) is 0 Å². The maximum Gasteiger partial charge on any atom is 0.185 e. The van der Waals surface area contributed by atoms with E-state index in [-0.39, 0.29) is 6.10 Å². The highest BCUT2D eigenvalue weighted by atomic mass is 32.1. The first kappa shape index (κ1) is 17.1. The highest BCUT2D eigenvalue weighted by Crippen LogP contribution is 2.21. The Labute approximate surface area is 142 Å². The molecular weight excluding hydrogens is 314 g/mol. The molecule has 6 nitrogen and oxygen atoms in total. The number of rotatable bonds is 7. The lowest BCUT2D eigenvalue weighted by Crippen LogP contribution is -2.49. The molecule has 0 spiro atoms. The number of aliphatic hydroxyl groups is 1. The predicted molar refractivity (Wildman–Crippen MR) is 91.3 cm³/mol. The van der Waals surface area contributed by atoms with Crippen LogP contribution in [0, 0.1) is 6.92 Å². The molecule has 0 aromatic carbocycles. The summed E-state index contributed by atoms with van der Waals surface area (Å²) in [6, 6.07) is 0. The molecule has 2 aliphatic rings. The van der Waals surface area contributed by atoms with Crippen LogP contribution in [0.5, 0.6) is 0 Å². The zero-order valence-electron chi connectivity index (χ0n) is 13.8. The van der Waals surface area contributed by atoms with E-state index in [0.29, 0.717) is 19.8 Å². The molecule has 0 aliphatic carbocycles. The average molecular weight is 341 g/mol. The standard InChI is InChI=1S/C16H27N3O3S/c1-13-12-23-16(17-13)19-6-4-18(5-7-19)9-14(20)10-21-11-15-3-2-8-22-15/h12,14-15,20H,2-11H2,1H3/t14-,15+/m1/s1. The van der Waals surface area contributed by atoms with Crippen LogP contribution in [0.3, 0.4) is 0 Å². The minimum atomic E-state index is -0.426. The van der Waals surface area contributed by atoms with Crippen LogP contribution in [0.2, 0.25) is 0 Å². The lowest BCUT2D eigenvalue weighted by atomic mass is 10.2. The van der Waals surface area contributed by atoms with Crippen molar-refractivity contribution in [3.8, 4) is 0 Å². The van der Waals surface area contributed by atoms with Crippen molar-refractivity contribution in [1.29, 1.82) is 0 Å². The van der Waals surface area contributed by atoms with Crippen molar-refractivity contribution >= 4 is 16.5 Å². The second-order valence-electron chi connectivity index (χ2n) is 6.39. The van der Waals surface area contributed by atoms with Crippen LogP contribution >= 0.6 is 11.3 Å². The molecule has 0 radical (unpaired) electrons. The number of hydrogen-bond acceptors (Lipinski definition) is 7. The summed E-state index contributed by atoms with van der Waals surface area (Å²) < 4.78 is 11.1. The van der Waals surface area contributed by atoms with Crippen molar-refractivity contribution in [2.24, 2.45) is 0 Å². The first-order valence-electron chi connectivity index (χ1n) is 8.47. The minimum absolute atomic E-state index is 0.229. The maximum absolute atomic E-state index is 10.1. The predicted octanol–water partition coefficient (Wildman–Crippen LogP) is 1.13.